The highest BCUT2D eigenvalue weighted by Gasteiger charge is 2.21. The van der Waals surface area contributed by atoms with Gasteiger partial charge in [0.15, 0.2) is 0 Å². The SMILES string of the molecule is CNc1cccc2cnc(C3CCCC3)n12. The van der Waals surface area contributed by atoms with Crippen LogP contribution in [0.25, 0.3) is 5.52 Å². The van der Waals surface area contributed by atoms with Crippen molar-refractivity contribution in [1.82, 2.24) is 9.38 Å². The molecule has 1 aliphatic carbocycles. The minimum Gasteiger partial charge on any atom is -0.374 e. The van der Waals surface area contributed by atoms with Gasteiger partial charge in [-0.25, -0.2) is 4.98 Å². The molecular weight excluding hydrogens is 198 g/mol. The van der Waals surface area contributed by atoms with E-state index >= 15 is 0 Å². The Morgan fingerprint density at radius 1 is 1.31 bits per heavy atom. The Balaban J connectivity index is 2.16. The molecule has 2 heterocycles. The molecule has 1 N–H and O–H groups in total. The Hall–Kier alpha value is -1.51. The number of nitrogens with zero attached hydrogens (tertiary/aromatic N) is 2. The van der Waals surface area contributed by atoms with Crippen molar-refractivity contribution in [3.63, 3.8) is 0 Å². The van der Waals surface area contributed by atoms with Gasteiger partial charge in [-0.05, 0) is 25.0 Å². The van der Waals surface area contributed by atoms with Crippen molar-refractivity contribution in [3.05, 3.63) is 30.2 Å². The van der Waals surface area contributed by atoms with Gasteiger partial charge in [-0.2, -0.15) is 0 Å². The number of rotatable bonds is 2. The van der Waals surface area contributed by atoms with Gasteiger partial charge in [-0.15, -0.1) is 0 Å². The molecule has 0 aromatic carbocycles. The van der Waals surface area contributed by atoms with Gasteiger partial charge < -0.3 is 5.32 Å². The zero-order valence-corrected chi connectivity index (χ0v) is 9.61. The van der Waals surface area contributed by atoms with E-state index < -0.39 is 0 Å². The largest absolute Gasteiger partial charge is 0.374 e. The maximum absolute atomic E-state index is 4.61. The molecule has 0 saturated heterocycles. The van der Waals surface area contributed by atoms with Gasteiger partial charge in [-0.3, -0.25) is 4.40 Å². The van der Waals surface area contributed by atoms with Crippen molar-refractivity contribution in [2.45, 2.75) is 31.6 Å². The Labute approximate surface area is 95.5 Å². The van der Waals surface area contributed by atoms with Gasteiger partial charge in [-0.1, -0.05) is 18.9 Å². The molecule has 3 nitrogen and oxygen atoms in total. The highest BCUT2D eigenvalue weighted by Crippen LogP contribution is 2.34. The second kappa shape index (κ2) is 3.81. The number of hydrogen-bond donors (Lipinski definition) is 1. The first-order valence-electron chi connectivity index (χ1n) is 6.04. The van der Waals surface area contributed by atoms with Gasteiger partial charge in [0.1, 0.15) is 11.6 Å². The van der Waals surface area contributed by atoms with Crippen LogP contribution in [0.5, 0.6) is 0 Å². The Bertz CT molecular complexity index is 495. The summed E-state index contributed by atoms with van der Waals surface area (Å²) in [5, 5.41) is 3.24. The third kappa shape index (κ3) is 1.39. The molecular formula is C13H17N3. The summed E-state index contributed by atoms with van der Waals surface area (Å²) in [5.41, 5.74) is 1.19. The summed E-state index contributed by atoms with van der Waals surface area (Å²) < 4.78 is 2.26. The summed E-state index contributed by atoms with van der Waals surface area (Å²) in [6.45, 7) is 0. The molecule has 3 rings (SSSR count). The number of pyridine rings is 1. The number of imidazole rings is 1. The first kappa shape index (κ1) is 9.70. The predicted molar refractivity (Wildman–Crippen MR) is 65.9 cm³/mol. The molecule has 2 aromatic rings. The standard InChI is InChI=1S/C13H17N3/c1-14-12-8-4-7-11-9-15-13(16(11)12)10-5-2-3-6-10/h4,7-10,14H,2-3,5-6H2,1H3. The fourth-order valence-electron chi connectivity index (χ4n) is 2.74. The molecule has 0 amide bonds. The quantitative estimate of drug-likeness (QED) is 0.834. The molecule has 0 aliphatic heterocycles. The molecule has 3 heteroatoms. The van der Waals surface area contributed by atoms with Crippen molar-refractivity contribution >= 4 is 11.3 Å². The zero-order chi connectivity index (χ0) is 11.0. The van der Waals surface area contributed by atoms with E-state index in [-0.39, 0.29) is 0 Å². The summed E-state index contributed by atoms with van der Waals surface area (Å²) in [6, 6.07) is 6.29. The van der Waals surface area contributed by atoms with Crippen molar-refractivity contribution in [2.75, 3.05) is 12.4 Å². The number of aromatic nitrogens is 2. The van der Waals surface area contributed by atoms with E-state index in [1.165, 1.54) is 37.0 Å². The van der Waals surface area contributed by atoms with Crippen molar-refractivity contribution in [1.29, 1.82) is 0 Å². The first-order chi connectivity index (χ1) is 7.90. The topological polar surface area (TPSA) is 29.3 Å². The summed E-state index contributed by atoms with van der Waals surface area (Å²) >= 11 is 0. The minimum atomic E-state index is 0.650. The molecule has 1 aliphatic rings. The highest BCUT2D eigenvalue weighted by molar-refractivity contribution is 5.55. The smallest absolute Gasteiger partial charge is 0.117 e. The number of nitrogens with one attached hydrogen (secondary N) is 1. The summed E-state index contributed by atoms with van der Waals surface area (Å²) in [4.78, 5) is 4.61. The fraction of sp³-hybridized carbons (Fsp3) is 0.462. The third-order valence-corrected chi connectivity index (χ3v) is 3.55. The summed E-state index contributed by atoms with van der Waals surface area (Å²) in [5.74, 6) is 3.02. The maximum Gasteiger partial charge on any atom is 0.117 e. The van der Waals surface area contributed by atoms with Gasteiger partial charge in [0.25, 0.3) is 0 Å². The molecule has 0 bridgehead atoms. The molecule has 0 unspecified atom stereocenters. The number of anilines is 1. The molecule has 0 spiro atoms. The lowest BCUT2D eigenvalue weighted by molar-refractivity contribution is 0.666. The van der Waals surface area contributed by atoms with Crippen LogP contribution in [0.1, 0.15) is 37.4 Å². The molecule has 16 heavy (non-hydrogen) atoms. The monoisotopic (exact) mass is 215 g/mol. The van der Waals surface area contributed by atoms with E-state index in [1.807, 2.05) is 13.2 Å². The van der Waals surface area contributed by atoms with Crippen molar-refractivity contribution in [3.8, 4) is 0 Å². The molecule has 1 saturated carbocycles. The van der Waals surface area contributed by atoms with Gasteiger partial charge in [0.2, 0.25) is 0 Å². The van der Waals surface area contributed by atoms with Crippen LogP contribution < -0.4 is 5.32 Å². The van der Waals surface area contributed by atoms with Crippen LogP contribution in [-0.2, 0) is 0 Å². The van der Waals surface area contributed by atoms with E-state index in [0.717, 1.165) is 5.82 Å². The highest BCUT2D eigenvalue weighted by atomic mass is 15.1. The Morgan fingerprint density at radius 3 is 2.88 bits per heavy atom. The van der Waals surface area contributed by atoms with Crippen LogP contribution in [0.3, 0.4) is 0 Å². The molecule has 2 aromatic heterocycles. The third-order valence-electron chi connectivity index (χ3n) is 3.55. The second-order valence-corrected chi connectivity index (χ2v) is 4.52. The lowest BCUT2D eigenvalue weighted by Gasteiger charge is -2.11. The van der Waals surface area contributed by atoms with E-state index in [1.54, 1.807) is 0 Å². The summed E-state index contributed by atoms with van der Waals surface area (Å²) in [6.07, 6.45) is 7.26. The zero-order valence-electron chi connectivity index (χ0n) is 9.61. The van der Waals surface area contributed by atoms with Gasteiger partial charge >= 0.3 is 0 Å². The maximum atomic E-state index is 4.61. The van der Waals surface area contributed by atoms with E-state index in [4.69, 9.17) is 0 Å². The number of hydrogen-bond acceptors (Lipinski definition) is 2. The van der Waals surface area contributed by atoms with Crippen LogP contribution in [0.15, 0.2) is 24.4 Å². The van der Waals surface area contributed by atoms with E-state index in [9.17, 15) is 0 Å². The Morgan fingerprint density at radius 2 is 2.12 bits per heavy atom. The fourth-order valence-corrected chi connectivity index (χ4v) is 2.74. The lowest BCUT2D eigenvalue weighted by Crippen LogP contribution is -2.04. The molecule has 0 radical (unpaired) electrons. The van der Waals surface area contributed by atoms with E-state index in [0.29, 0.717) is 5.92 Å². The summed E-state index contributed by atoms with van der Waals surface area (Å²) in [7, 11) is 1.97. The minimum absolute atomic E-state index is 0.650. The predicted octanol–water partition coefficient (Wildman–Crippen LogP) is 3.03. The van der Waals surface area contributed by atoms with Crippen LogP contribution in [0.4, 0.5) is 5.82 Å². The average Bonchev–Trinajstić information content (AvgIpc) is 2.96. The van der Waals surface area contributed by atoms with Crippen LogP contribution in [-0.4, -0.2) is 16.4 Å². The normalized spacial score (nSPS) is 17.1. The van der Waals surface area contributed by atoms with E-state index in [2.05, 4.69) is 32.9 Å². The molecule has 1 fully saturated rings. The molecule has 0 atom stereocenters. The second-order valence-electron chi connectivity index (χ2n) is 4.52. The van der Waals surface area contributed by atoms with Crippen molar-refractivity contribution in [2.24, 2.45) is 0 Å². The number of fused-ring (bicyclic) bond motifs is 1. The van der Waals surface area contributed by atoms with Gasteiger partial charge in [0, 0.05) is 13.0 Å². The van der Waals surface area contributed by atoms with Crippen molar-refractivity contribution < 1.29 is 0 Å². The lowest BCUT2D eigenvalue weighted by atomic mass is 10.1. The van der Waals surface area contributed by atoms with Crippen LogP contribution >= 0.6 is 0 Å². The van der Waals surface area contributed by atoms with Crippen LogP contribution in [0.2, 0.25) is 0 Å². The Kier molecular flexibility index (Phi) is 2.31. The average molecular weight is 215 g/mol. The van der Waals surface area contributed by atoms with Gasteiger partial charge in [0.05, 0.1) is 11.7 Å². The first-order valence-corrected chi connectivity index (χ1v) is 6.04. The molecule has 84 valence electrons. The van der Waals surface area contributed by atoms with Crippen LogP contribution in [0, 0.1) is 0 Å².